The van der Waals surface area contributed by atoms with Crippen molar-refractivity contribution in [3.63, 3.8) is 0 Å². The van der Waals surface area contributed by atoms with Gasteiger partial charge in [0.15, 0.2) is 0 Å². The molecule has 9 heteroatoms. The first-order chi connectivity index (χ1) is 12.9. The van der Waals surface area contributed by atoms with Crippen LogP contribution in [0.3, 0.4) is 0 Å². The molecule has 1 heterocycles. The second-order valence-corrected chi connectivity index (χ2v) is 5.54. The molecule has 3 rings (SSSR count). The highest BCUT2D eigenvalue weighted by Crippen LogP contribution is 2.32. The fraction of sp³-hybridized carbons (Fsp3) is 0. The molecule has 132 valence electrons. The van der Waals surface area contributed by atoms with Crippen molar-refractivity contribution >= 4 is 17.2 Å². The van der Waals surface area contributed by atoms with Crippen molar-refractivity contribution in [2.75, 3.05) is 5.73 Å². The maximum Gasteiger partial charge on any atom is 0.270 e. The summed E-state index contributed by atoms with van der Waals surface area (Å²) in [6, 6.07) is 15.1. The van der Waals surface area contributed by atoms with Crippen molar-refractivity contribution in [3.05, 3.63) is 80.4 Å². The van der Waals surface area contributed by atoms with Gasteiger partial charge in [-0.2, -0.15) is 5.26 Å². The van der Waals surface area contributed by atoms with Gasteiger partial charge in [0.1, 0.15) is 17.5 Å². The molecule has 0 radical (unpaired) electrons. The second-order valence-electron chi connectivity index (χ2n) is 5.54. The summed E-state index contributed by atoms with van der Waals surface area (Å²) in [7, 11) is 0. The monoisotopic (exact) mass is 361 g/mol. The number of nitro benzene ring substituents is 2. The summed E-state index contributed by atoms with van der Waals surface area (Å²) in [6.45, 7) is 0. The Labute approximate surface area is 152 Å². The molecule has 0 amide bonds. The number of nitrogens with zero attached hydrogens (tertiary/aromatic N) is 4. The normalized spacial score (nSPS) is 10.2. The van der Waals surface area contributed by atoms with Crippen LogP contribution in [0.2, 0.25) is 0 Å². The van der Waals surface area contributed by atoms with Crippen LogP contribution < -0.4 is 5.73 Å². The van der Waals surface area contributed by atoms with Crippen molar-refractivity contribution in [2.45, 2.75) is 0 Å². The van der Waals surface area contributed by atoms with Crippen LogP contribution in [0.25, 0.3) is 22.4 Å². The summed E-state index contributed by atoms with van der Waals surface area (Å²) in [5.41, 5.74) is 7.63. The van der Waals surface area contributed by atoms with Crippen molar-refractivity contribution < 1.29 is 9.85 Å². The van der Waals surface area contributed by atoms with Gasteiger partial charge in [-0.3, -0.25) is 20.2 Å². The molecule has 1 aromatic heterocycles. The van der Waals surface area contributed by atoms with E-state index < -0.39 is 9.85 Å². The van der Waals surface area contributed by atoms with Crippen LogP contribution in [0.1, 0.15) is 5.56 Å². The number of aromatic nitrogens is 1. The van der Waals surface area contributed by atoms with E-state index in [-0.39, 0.29) is 22.8 Å². The van der Waals surface area contributed by atoms with Crippen molar-refractivity contribution in [1.29, 1.82) is 5.26 Å². The predicted molar refractivity (Wildman–Crippen MR) is 97.5 cm³/mol. The lowest BCUT2D eigenvalue weighted by Gasteiger charge is -2.10. The van der Waals surface area contributed by atoms with E-state index in [1.807, 2.05) is 6.07 Å². The quantitative estimate of drug-likeness (QED) is 0.550. The van der Waals surface area contributed by atoms with E-state index in [4.69, 9.17) is 5.73 Å². The second kappa shape index (κ2) is 6.89. The van der Waals surface area contributed by atoms with E-state index in [1.54, 1.807) is 12.1 Å². The number of nitriles is 1. The van der Waals surface area contributed by atoms with Gasteiger partial charge < -0.3 is 5.73 Å². The van der Waals surface area contributed by atoms with Crippen LogP contribution in [0.15, 0.2) is 54.6 Å². The van der Waals surface area contributed by atoms with E-state index in [1.165, 1.54) is 42.5 Å². The number of nitrogens with two attached hydrogens (primary N) is 1. The van der Waals surface area contributed by atoms with Gasteiger partial charge in [0, 0.05) is 35.4 Å². The van der Waals surface area contributed by atoms with E-state index >= 15 is 0 Å². The fourth-order valence-corrected chi connectivity index (χ4v) is 2.60. The number of non-ortho nitro benzene ring substituents is 2. The third-order valence-electron chi connectivity index (χ3n) is 3.90. The fourth-order valence-electron chi connectivity index (χ4n) is 2.60. The predicted octanol–water partition coefficient (Wildman–Crippen LogP) is 3.69. The maximum atomic E-state index is 11.0. The molecule has 9 nitrogen and oxygen atoms in total. The SMILES string of the molecule is N#Cc1c(-c2ccc([N+](=O)[O-])cc2)cc(-c2cccc([N+](=O)[O-])c2)nc1N. The number of pyridine rings is 1. The summed E-state index contributed by atoms with van der Waals surface area (Å²) in [4.78, 5) is 24.9. The number of rotatable bonds is 4. The lowest BCUT2D eigenvalue weighted by Crippen LogP contribution is -2.00. The van der Waals surface area contributed by atoms with Gasteiger partial charge in [0.25, 0.3) is 11.4 Å². The number of benzene rings is 2. The van der Waals surface area contributed by atoms with Crippen molar-refractivity contribution in [2.24, 2.45) is 0 Å². The van der Waals surface area contributed by atoms with Crippen LogP contribution >= 0.6 is 0 Å². The molecule has 0 aliphatic rings. The van der Waals surface area contributed by atoms with Gasteiger partial charge in [-0.05, 0) is 23.8 Å². The first-order valence-electron chi connectivity index (χ1n) is 7.61. The van der Waals surface area contributed by atoms with Crippen LogP contribution in [-0.2, 0) is 0 Å². The zero-order valence-electron chi connectivity index (χ0n) is 13.7. The molecule has 0 saturated heterocycles. The summed E-state index contributed by atoms with van der Waals surface area (Å²) in [6.07, 6.45) is 0. The highest BCUT2D eigenvalue weighted by molar-refractivity contribution is 5.80. The molecule has 0 atom stereocenters. The Hall–Kier alpha value is -4.32. The van der Waals surface area contributed by atoms with Gasteiger partial charge in [-0.25, -0.2) is 4.98 Å². The Bertz CT molecular complexity index is 1100. The first kappa shape index (κ1) is 17.5. The summed E-state index contributed by atoms with van der Waals surface area (Å²) in [5, 5.41) is 31.2. The smallest absolute Gasteiger partial charge is 0.270 e. The summed E-state index contributed by atoms with van der Waals surface area (Å²) < 4.78 is 0. The average Bonchev–Trinajstić information content (AvgIpc) is 2.67. The van der Waals surface area contributed by atoms with Gasteiger partial charge in [-0.1, -0.05) is 12.1 Å². The standard InChI is InChI=1S/C18H11N5O4/c19-10-16-15(11-4-6-13(7-5-11)22(24)25)9-17(21-18(16)20)12-2-1-3-14(8-12)23(26)27/h1-9H,(H2,20,21). The van der Waals surface area contributed by atoms with Crippen LogP contribution in [0.5, 0.6) is 0 Å². The van der Waals surface area contributed by atoms with Gasteiger partial charge in [-0.15, -0.1) is 0 Å². The lowest BCUT2D eigenvalue weighted by molar-refractivity contribution is -0.385. The minimum absolute atomic E-state index is 0.0325. The Morgan fingerprint density at radius 1 is 0.926 bits per heavy atom. The molecule has 0 unspecified atom stereocenters. The molecule has 2 N–H and O–H groups in total. The van der Waals surface area contributed by atoms with Gasteiger partial charge in [0.05, 0.1) is 15.5 Å². The Balaban J connectivity index is 2.17. The molecule has 3 aromatic rings. The number of anilines is 1. The van der Waals surface area contributed by atoms with Crippen LogP contribution in [-0.4, -0.2) is 14.8 Å². The molecule has 2 aromatic carbocycles. The number of nitro groups is 2. The molecule has 0 spiro atoms. The van der Waals surface area contributed by atoms with E-state index in [9.17, 15) is 25.5 Å². The van der Waals surface area contributed by atoms with E-state index in [2.05, 4.69) is 4.98 Å². The highest BCUT2D eigenvalue weighted by Gasteiger charge is 2.16. The molecule has 0 aliphatic carbocycles. The number of nitrogen functional groups attached to an aromatic ring is 1. The third-order valence-corrected chi connectivity index (χ3v) is 3.90. The Kier molecular flexibility index (Phi) is 4.47. The zero-order chi connectivity index (χ0) is 19.6. The molecular weight excluding hydrogens is 350 g/mol. The van der Waals surface area contributed by atoms with Crippen molar-refractivity contribution in [1.82, 2.24) is 4.98 Å². The minimum Gasteiger partial charge on any atom is -0.383 e. The molecule has 0 saturated carbocycles. The molecule has 0 bridgehead atoms. The largest absolute Gasteiger partial charge is 0.383 e. The van der Waals surface area contributed by atoms with Crippen LogP contribution in [0, 0.1) is 31.6 Å². The van der Waals surface area contributed by atoms with Gasteiger partial charge in [0.2, 0.25) is 0 Å². The maximum absolute atomic E-state index is 11.0. The Morgan fingerprint density at radius 2 is 1.59 bits per heavy atom. The lowest BCUT2D eigenvalue weighted by atomic mass is 9.98. The summed E-state index contributed by atoms with van der Waals surface area (Å²) >= 11 is 0. The summed E-state index contributed by atoms with van der Waals surface area (Å²) in [5.74, 6) is -0.0325. The molecular formula is C18H11N5O4. The zero-order valence-corrected chi connectivity index (χ0v) is 13.7. The third kappa shape index (κ3) is 3.40. The molecule has 27 heavy (non-hydrogen) atoms. The van der Waals surface area contributed by atoms with E-state index in [0.717, 1.165) is 0 Å². The van der Waals surface area contributed by atoms with E-state index in [0.29, 0.717) is 22.4 Å². The minimum atomic E-state index is -0.523. The average molecular weight is 361 g/mol. The molecule has 0 fully saturated rings. The Morgan fingerprint density at radius 3 is 2.19 bits per heavy atom. The first-order valence-corrected chi connectivity index (χ1v) is 7.61. The molecule has 0 aliphatic heterocycles. The topological polar surface area (TPSA) is 149 Å². The van der Waals surface area contributed by atoms with Crippen molar-refractivity contribution in [3.8, 4) is 28.5 Å². The van der Waals surface area contributed by atoms with Crippen LogP contribution in [0.4, 0.5) is 17.2 Å². The highest BCUT2D eigenvalue weighted by atomic mass is 16.6. The van der Waals surface area contributed by atoms with Gasteiger partial charge >= 0.3 is 0 Å². The number of hydrogen-bond acceptors (Lipinski definition) is 7. The number of hydrogen-bond donors (Lipinski definition) is 1.